The van der Waals surface area contributed by atoms with Gasteiger partial charge in [-0.1, -0.05) is 0 Å². The van der Waals surface area contributed by atoms with Crippen LogP contribution in [-0.2, 0) is 4.79 Å². The third-order valence-electron chi connectivity index (χ3n) is 3.72. The lowest BCUT2D eigenvalue weighted by molar-refractivity contribution is -0.127. The highest BCUT2D eigenvalue weighted by Crippen LogP contribution is 2.35. The molecule has 3 rings (SSSR count). The van der Waals surface area contributed by atoms with Crippen molar-refractivity contribution in [1.82, 2.24) is 10.6 Å². The van der Waals surface area contributed by atoms with Gasteiger partial charge in [0.15, 0.2) is 6.10 Å². The fraction of sp³-hybridized carbons (Fsp3) is 0.533. The second-order valence-electron chi connectivity index (χ2n) is 5.39. The Bertz CT molecular complexity index is 514. The molecule has 1 aromatic rings. The smallest absolute Gasteiger partial charge is 0.260 e. The first-order chi connectivity index (χ1) is 9.67. The van der Waals surface area contributed by atoms with Crippen LogP contribution in [0, 0.1) is 0 Å². The van der Waals surface area contributed by atoms with E-state index in [-0.39, 0.29) is 11.9 Å². The molecule has 0 saturated heterocycles. The van der Waals surface area contributed by atoms with E-state index in [4.69, 9.17) is 9.47 Å². The number of rotatable bonds is 5. The van der Waals surface area contributed by atoms with Crippen LogP contribution >= 0.6 is 0 Å². The van der Waals surface area contributed by atoms with Crippen LogP contribution < -0.4 is 20.1 Å². The van der Waals surface area contributed by atoms with Crippen molar-refractivity contribution in [2.75, 3.05) is 13.7 Å². The summed E-state index contributed by atoms with van der Waals surface area (Å²) in [6, 6.07) is 6.32. The van der Waals surface area contributed by atoms with Gasteiger partial charge in [-0.3, -0.25) is 4.79 Å². The first kappa shape index (κ1) is 13.2. The van der Waals surface area contributed by atoms with E-state index in [9.17, 15) is 4.79 Å². The minimum absolute atomic E-state index is 0.0537. The Morgan fingerprint density at radius 2 is 2.25 bits per heavy atom. The number of ether oxygens (including phenoxy) is 2. The summed E-state index contributed by atoms with van der Waals surface area (Å²) < 4.78 is 11.3. The summed E-state index contributed by atoms with van der Waals surface area (Å²) in [6.07, 6.45) is 1.67. The number of benzene rings is 1. The van der Waals surface area contributed by atoms with Crippen LogP contribution in [0.3, 0.4) is 0 Å². The Morgan fingerprint density at radius 3 is 2.95 bits per heavy atom. The molecule has 5 heteroatoms. The molecule has 20 heavy (non-hydrogen) atoms. The Hall–Kier alpha value is -1.75. The lowest BCUT2D eigenvalue weighted by Crippen LogP contribution is -2.37. The van der Waals surface area contributed by atoms with Gasteiger partial charge in [-0.25, -0.2) is 0 Å². The standard InChI is InChI=1S/C15H20N2O3/c1-9(15(18)17-10-3-4-10)20-11-5-6-12-13(16-2)8-19-14(12)7-11/h5-7,9-10,13,16H,3-4,8H2,1-2H3,(H,17,18). The SMILES string of the molecule is CNC1COc2cc(OC(C)C(=O)NC3CC3)ccc21. The van der Waals surface area contributed by atoms with Gasteiger partial charge < -0.3 is 20.1 Å². The van der Waals surface area contributed by atoms with Crippen molar-refractivity contribution in [1.29, 1.82) is 0 Å². The maximum Gasteiger partial charge on any atom is 0.260 e. The monoisotopic (exact) mass is 276 g/mol. The van der Waals surface area contributed by atoms with E-state index < -0.39 is 6.10 Å². The van der Waals surface area contributed by atoms with Crippen LogP contribution in [0.4, 0.5) is 0 Å². The molecule has 108 valence electrons. The van der Waals surface area contributed by atoms with Crippen molar-refractivity contribution in [3.63, 3.8) is 0 Å². The highest BCUT2D eigenvalue weighted by Gasteiger charge is 2.27. The fourth-order valence-electron chi connectivity index (χ4n) is 2.31. The summed E-state index contributed by atoms with van der Waals surface area (Å²) in [5.74, 6) is 1.44. The molecule has 2 unspecified atom stereocenters. The molecule has 2 N–H and O–H groups in total. The third kappa shape index (κ3) is 2.72. The number of nitrogens with one attached hydrogen (secondary N) is 2. The highest BCUT2D eigenvalue weighted by molar-refractivity contribution is 5.81. The maximum absolute atomic E-state index is 11.9. The van der Waals surface area contributed by atoms with Crippen LogP contribution in [0.5, 0.6) is 11.5 Å². The molecular weight excluding hydrogens is 256 g/mol. The normalized spacial score (nSPS) is 21.8. The zero-order valence-electron chi connectivity index (χ0n) is 11.8. The topological polar surface area (TPSA) is 59.6 Å². The van der Waals surface area contributed by atoms with Crippen LogP contribution in [0.2, 0.25) is 0 Å². The van der Waals surface area contributed by atoms with Gasteiger partial charge >= 0.3 is 0 Å². The number of hydrogen-bond acceptors (Lipinski definition) is 4. The quantitative estimate of drug-likeness (QED) is 0.853. The van der Waals surface area contributed by atoms with E-state index in [2.05, 4.69) is 10.6 Å². The van der Waals surface area contributed by atoms with Crippen molar-refractivity contribution < 1.29 is 14.3 Å². The predicted molar refractivity (Wildman–Crippen MR) is 75.0 cm³/mol. The first-order valence-corrected chi connectivity index (χ1v) is 7.08. The van der Waals surface area contributed by atoms with Crippen molar-refractivity contribution in [3.05, 3.63) is 23.8 Å². The van der Waals surface area contributed by atoms with Gasteiger partial charge in [0.1, 0.15) is 18.1 Å². The number of fused-ring (bicyclic) bond motifs is 1. The van der Waals surface area contributed by atoms with E-state index in [1.165, 1.54) is 0 Å². The van der Waals surface area contributed by atoms with Gasteiger partial charge in [0.25, 0.3) is 5.91 Å². The summed E-state index contributed by atoms with van der Waals surface area (Å²) in [4.78, 5) is 11.9. The number of amides is 1. The Kier molecular flexibility index (Phi) is 3.53. The molecular formula is C15H20N2O3. The van der Waals surface area contributed by atoms with Gasteiger partial charge in [-0.2, -0.15) is 0 Å². The number of carbonyl (C=O) groups excluding carboxylic acids is 1. The number of hydrogen-bond donors (Lipinski definition) is 2. The Labute approximate surface area is 118 Å². The van der Waals surface area contributed by atoms with Crippen LogP contribution in [0.1, 0.15) is 31.4 Å². The van der Waals surface area contributed by atoms with Crippen molar-refractivity contribution in [2.24, 2.45) is 0 Å². The van der Waals surface area contributed by atoms with E-state index in [1.54, 1.807) is 6.92 Å². The van der Waals surface area contributed by atoms with Crippen molar-refractivity contribution >= 4 is 5.91 Å². The molecule has 1 aliphatic heterocycles. The molecule has 5 nitrogen and oxygen atoms in total. The number of likely N-dealkylation sites (N-methyl/N-ethyl adjacent to an activating group) is 1. The van der Waals surface area contributed by atoms with Crippen LogP contribution in [0.15, 0.2) is 18.2 Å². The average Bonchev–Trinajstić information content (AvgIpc) is 3.16. The van der Waals surface area contributed by atoms with E-state index in [1.807, 2.05) is 25.2 Å². The lowest BCUT2D eigenvalue weighted by atomic mass is 10.1. The molecule has 0 bridgehead atoms. The molecule has 1 fully saturated rings. The average molecular weight is 276 g/mol. The van der Waals surface area contributed by atoms with E-state index >= 15 is 0 Å². The maximum atomic E-state index is 11.9. The summed E-state index contributed by atoms with van der Waals surface area (Å²) in [7, 11) is 1.91. The molecule has 1 amide bonds. The predicted octanol–water partition coefficient (Wildman–Crippen LogP) is 1.39. The van der Waals surface area contributed by atoms with Crippen LogP contribution in [-0.4, -0.2) is 31.7 Å². The minimum Gasteiger partial charge on any atom is -0.491 e. The first-order valence-electron chi connectivity index (χ1n) is 7.08. The summed E-state index contributed by atoms with van der Waals surface area (Å²) in [5.41, 5.74) is 1.13. The Morgan fingerprint density at radius 1 is 1.45 bits per heavy atom. The molecule has 1 aliphatic carbocycles. The molecule has 1 saturated carbocycles. The molecule has 0 aromatic heterocycles. The van der Waals surface area contributed by atoms with Gasteiger partial charge in [0, 0.05) is 17.7 Å². The van der Waals surface area contributed by atoms with E-state index in [0.29, 0.717) is 18.4 Å². The molecule has 2 aliphatic rings. The second-order valence-corrected chi connectivity index (χ2v) is 5.39. The number of carbonyl (C=O) groups is 1. The zero-order valence-corrected chi connectivity index (χ0v) is 11.8. The summed E-state index contributed by atoms with van der Waals surface area (Å²) in [5, 5.41) is 6.13. The van der Waals surface area contributed by atoms with Gasteiger partial charge in [0.05, 0.1) is 6.04 Å². The molecule has 1 heterocycles. The van der Waals surface area contributed by atoms with Gasteiger partial charge in [0.2, 0.25) is 0 Å². The minimum atomic E-state index is -0.491. The van der Waals surface area contributed by atoms with Gasteiger partial charge in [-0.05, 0) is 38.9 Å². The zero-order chi connectivity index (χ0) is 14.1. The highest BCUT2D eigenvalue weighted by atomic mass is 16.5. The molecule has 0 radical (unpaired) electrons. The van der Waals surface area contributed by atoms with Gasteiger partial charge in [-0.15, -0.1) is 0 Å². The molecule has 1 aromatic carbocycles. The lowest BCUT2D eigenvalue weighted by Gasteiger charge is -2.15. The summed E-state index contributed by atoms with van der Waals surface area (Å²) >= 11 is 0. The molecule has 0 spiro atoms. The largest absolute Gasteiger partial charge is 0.491 e. The Balaban J connectivity index is 1.64. The van der Waals surface area contributed by atoms with Crippen molar-refractivity contribution in [3.8, 4) is 11.5 Å². The fourth-order valence-corrected chi connectivity index (χ4v) is 2.31. The second kappa shape index (κ2) is 5.32. The van der Waals surface area contributed by atoms with Crippen LogP contribution in [0.25, 0.3) is 0 Å². The molecule has 2 atom stereocenters. The van der Waals surface area contributed by atoms with E-state index in [0.717, 1.165) is 24.2 Å². The summed E-state index contributed by atoms with van der Waals surface area (Å²) in [6.45, 7) is 2.40. The third-order valence-corrected chi connectivity index (χ3v) is 3.72. The van der Waals surface area contributed by atoms with Crippen molar-refractivity contribution in [2.45, 2.75) is 38.0 Å².